The highest BCUT2D eigenvalue weighted by molar-refractivity contribution is 7.91. The lowest BCUT2D eigenvalue weighted by Gasteiger charge is -2.31. The van der Waals surface area contributed by atoms with Crippen LogP contribution in [0, 0.1) is 5.82 Å². The molecule has 1 saturated heterocycles. The lowest BCUT2D eigenvalue weighted by molar-refractivity contribution is -0.140. The molecule has 1 aliphatic rings. The molecule has 0 aliphatic carbocycles. The van der Waals surface area contributed by atoms with Crippen molar-refractivity contribution in [2.45, 2.75) is 32.0 Å². The normalized spacial score (nSPS) is 19.2. The van der Waals surface area contributed by atoms with Crippen LogP contribution in [0.1, 0.15) is 18.9 Å². The Kier molecular flexibility index (Phi) is 6.25. The van der Waals surface area contributed by atoms with Crippen LogP contribution in [0.2, 0.25) is 5.02 Å². The van der Waals surface area contributed by atoms with E-state index < -0.39 is 27.8 Å². The van der Waals surface area contributed by atoms with Crippen LogP contribution in [0.15, 0.2) is 48.5 Å². The highest BCUT2D eigenvalue weighted by atomic mass is 35.5. The zero-order valence-electron chi connectivity index (χ0n) is 15.3. The van der Waals surface area contributed by atoms with Crippen LogP contribution in [-0.2, 0) is 21.2 Å². The number of carbonyl (C=O) groups excluding carboxylic acids is 1. The van der Waals surface area contributed by atoms with Crippen LogP contribution in [0.25, 0.3) is 0 Å². The highest BCUT2D eigenvalue weighted by Crippen LogP contribution is 2.23. The van der Waals surface area contributed by atoms with Crippen molar-refractivity contribution in [2.24, 2.45) is 0 Å². The van der Waals surface area contributed by atoms with E-state index in [0.29, 0.717) is 17.2 Å². The van der Waals surface area contributed by atoms with Gasteiger partial charge in [0.15, 0.2) is 15.9 Å². The minimum Gasteiger partial charge on any atom is -0.481 e. The van der Waals surface area contributed by atoms with Gasteiger partial charge in [-0.05, 0) is 55.3 Å². The fourth-order valence-corrected chi connectivity index (χ4v) is 5.05. The molecule has 0 unspecified atom stereocenters. The average molecular weight is 426 g/mol. The molecule has 0 aromatic heterocycles. The van der Waals surface area contributed by atoms with Crippen molar-refractivity contribution in [3.8, 4) is 5.75 Å². The zero-order chi connectivity index (χ0) is 20.3. The van der Waals surface area contributed by atoms with Crippen molar-refractivity contribution in [3.63, 3.8) is 0 Å². The van der Waals surface area contributed by atoms with E-state index in [1.165, 1.54) is 24.3 Å². The first-order valence-electron chi connectivity index (χ1n) is 8.91. The van der Waals surface area contributed by atoms with Gasteiger partial charge in [0.1, 0.15) is 11.6 Å². The predicted octanol–water partition coefficient (Wildman–Crippen LogP) is 3.46. The molecular formula is C20H21ClFNO4S. The Balaban J connectivity index is 1.79. The molecule has 5 nitrogen and oxygen atoms in total. The summed E-state index contributed by atoms with van der Waals surface area (Å²) < 4.78 is 42.6. The van der Waals surface area contributed by atoms with Gasteiger partial charge in [0.25, 0.3) is 5.91 Å². The Morgan fingerprint density at radius 2 is 1.86 bits per heavy atom. The molecule has 1 heterocycles. The van der Waals surface area contributed by atoms with Crippen LogP contribution < -0.4 is 4.74 Å². The van der Waals surface area contributed by atoms with Crippen LogP contribution in [-0.4, -0.2) is 42.9 Å². The number of rotatable bonds is 6. The quantitative estimate of drug-likeness (QED) is 0.711. The van der Waals surface area contributed by atoms with Gasteiger partial charge in [-0.15, -0.1) is 0 Å². The number of ether oxygens (including phenoxy) is 1. The molecule has 28 heavy (non-hydrogen) atoms. The van der Waals surface area contributed by atoms with Crippen molar-refractivity contribution in [1.29, 1.82) is 0 Å². The van der Waals surface area contributed by atoms with E-state index in [0.717, 1.165) is 5.56 Å². The Morgan fingerprint density at radius 1 is 1.21 bits per heavy atom. The minimum atomic E-state index is -3.16. The van der Waals surface area contributed by atoms with Crippen LogP contribution in [0.3, 0.4) is 0 Å². The van der Waals surface area contributed by atoms with Gasteiger partial charge in [0.05, 0.1) is 11.5 Å². The maximum Gasteiger partial charge on any atom is 0.263 e. The molecule has 0 bridgehead atoms. The SMILES string of the molecule is C[C@H](Oc1ccc(F)cc1)C(=O)N(Cc1ccc(Cl)cc1)[C@H]1CCS(=O)(=O)C1. The Hall–Kier alpha value is -2.12. The molecule has 0 radical (unpaired) electrons. The molecule has 1 amide bonds. The van der Waals surface area contributed by atoms with Gasteiger partial charge >= 0.3 is 0 Å². The van der Waals surface area contributed by atoms with Gasteiger partial charge in [-0.3, -0.25) is 4.79 Å². The van der Waals surface area contributed by atoms with Gasteiger partial charge in [-0.1, -0.05) is 23.7 Å². The summed E-state index contributed by atoms with van der Waals surface area (Å²) in [6.07, 6.45) is -0.452. The summed E-state index contributed by atoms with van der Waals surface area (Å²) in [6.45, 7) is 1.86. The predicted molar refractivity (Wildman–Crippen MR) is 106 cm³/mol. The topological polar surface area (TPSA) is 63.7 Å². The number of hydrogen-bond donors (Lipinski definition) is 0. The number of carbonyl (C=O) groups is 1. The molecule has 150 valence electrons. The summed E-state index contributed by atoms with van der Waals surface area (Å²) in [5.41, 5.74) is 0.844. The molecule has 2 aromatic carbocycles. The summed E-state index contributed by atoms with van der Waals surface area (Å²) in [4.78, 5) is 14.6. The van der Waals surface area contributed by atoms with Crippen molar-refractivity contribution in [1.82, 2.24) is 4.90 Å². The van der Waals surface area contributed by atoms with Crippen molar-refractivity contribution in [3.05, 3.63) is 64.9 Å². The summed E-state index contributed by atoms with van der Waals surface area (Å²) in [5, 5.41) is 0.582. The maximum absolute atomic E-state index is 13.1. The van der Waals surface area contributed by atoms with Gasteiger partial charge in [-0.2, -0.15) is 0 Å². The maximum atomic E-state index is 13.1. The molecule has 1 fully saturated rings. The standard InChI is InChI=1S/C20H21ClFNO4S/c1-14(27-19-8-6-17(22)7-9-19)20(24)23(18-10-11-28(25,26)13-18)12-15-2-4-16(21)5-3-15/h2-9,14,18H,10-13H2,1H3/t14-,18-/m0/s1. The highest BCUT2D eigenvalue weighted by Gasteiger charge is 2.36. The first-order chi connectivity index (χ1) is 13.2. The third-order valence-electron chi connectivity index (χ3n) is 4.67. The third kappa shape index (κ3) is 5.23. The van der Waals surface area contributed by atoms with Crippen molar-refractivity contribution >= 4 is 27.3 Å². The van der Waals surface area contributed by atoms with E-state index >= 15 is 0 Å². The first kappa shape index (κ1) is 20.6. The molecule has 2 aromatic rings. The largest absolute Gasteiger partial charge is 0.481 e. The lowest BCUT2D eigenvalue weighted by Crippen LogP contribution is -2.46. The van der Waals surface area contributed by atoms with Crippen LogP contribution in [0.5, 0.6) is 5.75 Å². The molecule has 0 spiro atoms. The molecule has 0 N–H and O–H groups in total. The van der Waals surface area contributed by atoms with E-state index in [1.807, 2.05) is 0 Å². The van der Waals surface area contributed by atoms with Crippen LogP contribution in [0.4, 0.5) is 4.39 Å². The van der Waals surface area contributed by atoms with Crippen molar-refractivity contribution in [2.75, 3.05) is 11.5 Å². The lowest BCUT2D eigenvalue weighted by atomic mass is 10.1. The van der Waals surface area contributed by atoms with E-state index in [9.17, 15) is 17.6 Å². The van der Waals surface area contributed by atoms with Gasteiger partial charge in [0, 0.05) is 17.6 Å². The van der Waals surface area contributed by atoms with Gasteiger partial charge in [-0.25, -0.2) is 12.8 Å². The number of hydrogen-bond acceptors (Lipinski definition) is 4. The van der Waals surface area contributed by atoms with E-state index in [2.05, 4.69) is 0 Å². The minimum absolute atomic E-state index is 0.0599. The average Bonchev–Trinajstić information content (AvgIpc) is 3.02. The molecule has 3 rings (SSSR count). The van der Waals surface area contributed by atoms with E-state index in [1.54, 1.807) is 36.1 Å². The molecule has 2 atom stereocenters. The van der Waals surface area contributed by atoms with Crippen molar-refractivity contribution < 1.29 is 22.3 Å². The van der Waals surface area contributed by atoms with E-state index in [-0.39, 0.29) is 24.0 Å². The second kappa shape index (κ2) is 8.49. The number of amides is 1. The second-order valence-corrected chi connectivity index (χ2v) is 9.53. The fraction of sp³-hybridized carbons (Fsp3) is 0.350. The number of halogens is 2. The molecule has 0 saturated carbocycles. The zero-order valence-corrected chi connectivity index (χ0v) is 16.9. The van der Waals surface area contributed by atoms with E-state index in [4.69, 9.17) is 16.3 Å². The third-order valence-corrected chi connectivity index (χ3v) is 6.68. The number of nitrogens with zero attached hydrogens (tertiary/aromatic N) is 1. The smallest absolute Gasteiger partial charge is 0.263 e. The van der Waals surface area contributed by atoms with Crippen LogP contribution >= 0.6 is 11.6 Å². The Morgan fingerprint density at radius 3 is 2.43 bits per heavy atom. The summed E-state index contributed by atoms with van der Waals surface area (Å²) in [7, 11) is -3.16. The Bertz CT molecular complexity index is 932. The fourth-order valence-electron chi connectivity index (χ4n) is 3.20. The summed E-state index contributed by atoms with van der Waals surface area (Å²) in [6, 6.07) is 12.0. The summed E-state index contributed by atoms with van der Waals surface area (Å²) in [5.74, 6) is -0.342. The Labute approximate surface area is 169 Å². The molecule has 8 heteroatoms. The summed E-state index contributed by atoms with van der Waals surface area (Å²) >= 11 is 5.92. The number of benzene rings is 2. The van der Waals surface area contributed by atoms with Gasteiger partial charge in [0.2, 0.25) is 0 Å². The monoisotopic (exact) mass is 425 g/mol. The van der Waals surface area contributed by atoms with Gasteiger partial charge < -0.3 is 9.64 Å². The number of sulfone groups is 1. The molecule has 1 aliphatic heterocycles. The second-order valence-electron chi connectivity index (χ2n) is 6.86. The molecular weight excluding hydrogens is 405 g/mol. The first-order valence-corrected chi connectivity index (χ1v) is 11.1.